The van der Waals surface area contributed by atoms with E-state index in [1.165, 1.54) is 6.92 Å². The van der Waals surface area contributed by atoms with E-state index in [-0.39, 0.29) is 24.2 Å². The van der Waals surface area contributed by atoms with Crippen molar-refractivity contribution in [2.75, 3.05) is 0 Å². The Morgan fingerprint density at radius 2 is 1.92 bits per heavy atom. The third-order valence-corrected chi connectivity index (χ3v) is 1.49. The second-order valence-corrected chi connectivity index (χ2v) is 3.08. The lowest BCUT2D eigenvalue weighted by Crippen LogP contribution is -2.39. The summed E-state index contributed by atoms with van der Waals surface area (Å²) >= 11 is 0. The summed E-state index contributed by atoms with van der Waals surface area (Å²) in [5, 5.41) is 2.54. The third-order valence-electron chi connectivity index (χ3n) is 1.49. The quantitative estimate of drug-likeness (QED) is 0.617. The van der Waals surface area contributed by atoms with Gasteiger partial charge < -0.3 is 11.1 Å². The van der Waals surface area contributed by atoms with Gasteiger partial charge in [-0.25, -0.2) is 0 Å². The van der Waals surface area contributed by atoms with E-state index < -0.39 is 6.04 Å². The molecule has 0 aliphatic carbocycles. The maximum atomic E-state index is 11.0. The van der Waals surface area contributed by atoms with Crippen LogP contribution in [0, 0.1) is 0 Å². The first-order valence-corrected chi connectivity index (χ1v) is 3.99. The van der Waals surface area contributed by atoms with Crippen LogP contribution in [0.4, 0.5) is 0 Å². The minimum Gasteiger partial charge on any atom is -0.347 e. The highest BCUT2D eigenvalue weighted by Gasteiger charge is 2.11. The van der Waals surface area contributed by atoms with Crippen molar-refractivity contribution in [2.45, 2.75) is 39.3 Å². The summed E-state index contributed by atoms with van der Waals surface area (Å²) in [7, 11) is 0. The van der Waals surface area contributed by atoms with E-state index in [0.29, 0.717) is 0 Å². The molecule has 4 nitrogen and oxygen atoms in total. The number of nitrogens with two attached hydrogens (primary N) is 1. The second kappa shape index (κ2) is 4.87. The third kappa shape index (κ3) is 4.85. The molecule has 0 rings (SSSR count). The fourth-order valence-electron chi connectivity index (χ4n) is 0.694. The molecule has 0 aromatic heterocycles. The van der Waals surface area contributed by atoms with Crippen LogP contribution in [0.25, 0.3) is 0 Å². The number of Topliss-reactive ketones (excluding diaryl/α,β-unsaturated/α-hetero) is 1. The summed E-state index contributed by atoms with van der Waals surface area (Å²) in [5.74, 6) is -0.222. The van der Waals surface area contributed by atoms with Gasteiger partial charge in [-0.1, -0.05) is 0 Å². The monoisotopic (exact) mass is 172 g/mol. The van der Waals surface area contributed by atoms with Crippen LogP contribution < -0.4 is 11.1 Å². The van der Waals surface area contributed by atoms with Crippen LogP contribution in [-0.2, 0) is 9.59 Å². The fourth-order valence-corrected chi connectivity index (χ4v) is 0.694. The van der Waals surface area contributed by atoms with Crippen molar-refractivity contribution in [1.82, 2.24) is 5.32 Å². The van der Waals surface area contributed by atoms with Gasteiger partial charge in [0.05, 0.1) is 6.04 Å². The summed E-state index contributed by atoms with van der Waals surface area (Å²) in [6.45, 7) is 4.84. The molecule has 12 heavy (non-hydrogen) atoms. The van der Waals surface area contributed by atoms with Crippen molar-refractivity contribution in [1.29, 1.82) is 0 Å². The minimum atomic E-state index is -0.406. The number of hydrogen-bond acceptors (Lipinski definition) is 3. The van der Waals surface area contributed by atoms with Gasteiger partial charge in [-0.2, -0.15) is 0 Å². The zero-order chi connectivity index (χ0) is 9.72. The number of nitrogens with one attached hydrogen (secondary N) is 1. The number of hydrogen-bond donors (Lipinski definition) is 2. The molecule has 0 aliphatic heterocycles. The molecule has 0 radical (unpaired) electrons. The average Bonchev–Trinajstić information content (AvgIpc) is 1.84. The Morgan fingerprint density at radius 3 is 2.25 bits per heavy atom. The van der Waals surface area contributed by atoms with E-state index in [1.54, 1.807) is 13.8 Å². The standard InChI is InChI=1S/C8H16N2O2/c1-5(9)4-8(12)10-6(2)7(3)11/h5-6H,4,9H2,1-3H3,(H,10,12). The molecule has 70 valence electrons. The summed E-state index contributed by atoms with van der Waals surface area (Å²) < 4.78 is 0. The summed E-state index contributed by atoms with van der Waals surface area (Å²) in [6.07, 6.45) is 0.262. The van der Waals surface area contributed by atoms with Crippen molar-refractivity contribution >= 4 is 11.7 Å². The number of amides is 1. The van der Waals surface area contributed by atoms with E-state index >= 15 is 0 Å². The molecule has 0 aromatic rings. The Hall–Kier alpha value is -0.900. The maximum absolute atomic E-state index is 11.0. The molecule has 0 saturated carbocycles. The molecule has 3 N–H and O–H groups in total. The van der Waals surface area contributed by atoms with Gasteiger partial charge in [0.15, 0.2) is 5.78 Å². The van der Waals surface area contributed by atoms with Crippen LogP contribution in [0.15, 0.2) is 0 Å². The first kappa shape index (κ1) is 11.1. The van der Waals surface area contributed by atoms with E-state index in [1.807, 2.05) is 0 Å². The Balaban J connectivity index is 3.77. The highest BCUT2D eigenvalue weighted by Crippen LogP contribution is 1.89. The molecular weight excluding hydrogens is 156 g/mol. The van der Waals surface area contributed by atoms with E-state index in [2.05, 4.69) is 5.32 Å². The molecule has 0 saturated heterocycles. The van der Waals surface area contributed by atoms with Crippen LogP contribution in [0.1, 0.15) is 27.2 Å². The molecule has 4 heteroatoms. The normalized spacial score (nSPS) is 15.0. The lowest BCUT2D eigenvalue weighted by molar-refractivity contribution is -0.126. The Labute approximate surface area is 72.5 Å². The van der Waals surface area contributed by atoms with Crippen molar-refractivity contribution < 1.29 is 9.59 Å². The number of rotatable bonds is 4. The van der Waals surface area contributed by atoms with Crippen LogP contribution in [0.2, 0.25) is 0 Å². The highest BCUT2D eigenvalue weighted by atomic mass is 16.2. The number of carbonyl (C=O) groups is 2. The van der Waals surface area contributed by atoms with Gasteiger partial charge in [-0.05, 0) is 20.8 Å². The van der Waals surface area contributed by atoms with E-state index in [0.717, 1.165) is 0 Å². The minimum absolute atomic E-state index is 0.0481. The van der Waals surface area contributed by atoms with Crippen molar-refractivity contribution in [3.8, 4) is 0 Å². The average molecular weight is 172 g/mol. The van der Waals surface area contributed by atoms with Gasteiger partial charge in [0, 0.05) is 12.5 Å². The highest BCUT2D eigenvalue weighted by molar-refractivity contribution is 5.87. The summed E-state index contributed by atoms with van der Waals surface area (Å²) in [6, 6.07) is -0.569. The van der Waals surface area contributed by atoms with Crippen molar-refractivity contribution in [2.24, 2.45) is 5.73 Å². The van der Waals surface area contributed by atoms with Gasteiger partial charge in [0.1, 0.15) is 0 Å². The Morgan fingerprint density at radius 1 is 1.42 bits per heavy atom. The molecule has 0 bridgehead atoms. The molecule has 1 amide bonds. The molecule has 0 spiro atoms. The van der Waals surface area contributed by atoms with Crippen molar-refractivity contribution in [3.05, 3.63) is 0 Å². The van der Waals surface area contributed by atoms with Crippen LogP contribution in [-0.4, -0.2) is 23.8 Å². The first-order chi connectivity index (χ1) is 5.43. The van der Waals surface area contributed by atoms with Crippen LogP contribution in [0.3, 0.4) is 0 Å². The lowest BCUT2D eigenvalue weighted by Gasteiger charge is -2.11. The summed E-state index contributed by atoms with van der Waals surface area (Å²) in [4.78, 5) is 21.7. The largest absolute Gasteiger partial charge is 0.347 e. The Bertz CT molecular complexity index is 178. The van der Waals surface area contributed by atoms with Gasteiger partial charge in [0.2, 0.25) is 5.91 Å². The summed E-state index contributed by atoms with van der Waals surface area (Å²) in [5.41, 5.74) is 5.40. The smallest absolute Gasteiger partial charge is 0.222 e. The lowest BCUT2D eigenvalue weighted by atomic mass is 10.2. The molecule has 0 heterocycles. The molecule has 0 aromatic carbocycles. The zero-order valence-electron chi connectivity index (χ0n) is 7.76. The number of carbonyl (C=O) groups excluding carboxylic acids is 2. The molecular formula is C8H16N2O2. The zero-order valence-corrected chi connectivity index (χ0v) is 7.76. The SMILES string of the molecule is CC(=O)C(C)NC(=O)CC(C)N. The molecule has 2 atom stereocenters. The van der Waals surface area contributed by atoms with Crippen LogP contribution in [0.5, 0.6) is 0 Å². The van der Waals surface area contributed by atoms with Gasteiger partial charge >= 0.3 is 0 Å². The van der Waals surface area contributed by atoms with Gasteiger partial charge in [-0.3, -0.25) is 9.59 Å². The predicted octanol–water partition coefficient (Wildman–Crippen LogP) is -0.183. The van der Waals surface area contributed by atoms with E-state index in [9.17, 15) is 9.59 Å². The fraction of sp³-hybridized carbons (Fsp3) is 0.750. The van der Waals surface area contributed by atoms with Gasteiger partial charge in [0.25, 0.3) is 0 Å². The Kier molecular flexibility index (Phi) is 4.51. The van der Waals surface area contributed by atoms with Crippen molar-refractivity contribution in [3.63, 3.8) is 0 Å². The van der Waals surface area contributed by atoms with Gasteiger partial charge in [-0.15, -0.1) is 0 Å². The predicted molar refractivity (Wildman–Crippen MR) is 46.6 cm³/mol. The topological polar surface area (TPSA) is 72.2 Å². The first-order valence-electron chi connectivity index (χ1n) is 3.99. The molecule has 2 unspecified atom stereocenters. The van der Waals surface area contributed by atoms with Crippen LogP contribution >= 0.6 is 0 Å². The molecule has 0 aliphatic rings. The van der Waals surface area contributed by atoms with E-state index in [4.69, 9.17) is 5.73 Å². The molecule has 0 fully saturated rings. The second-order valence-electron chi connectivity index (χ2n) is 3.08. The number of ketones is 1. The maximum Gasteiger partial charge on any atom is 0.222 e.